The second-order valence-electron chi connectivity index (χ2n) is 4.25. The van der Waals surface area contributed by atoms with Gasteiger partial charge >= 0.3 is 0 Å². The molecule has 1 aliphatic rings. The second kappa shape index (κ2) is 4.80. The molecule has 0 radical (unpaired) electrons. The molecule has 0 spiro atoms. The lowest BCUT2D eigenvalue weighted by molar-refractivity contribution is 0.137. The first kappa shape index (κ1) is 9.97. The average Bonchev–Trinajstić information content (AvgIpc) is 1.99. The van der Waals surface area contributed by atoms with Gasteiger partial charge in [0.2, 0.25) is 0 Å². The second-order valence-corrected chi connectivity index (χ2v) is 4.25. The van der Waals surface area contributed by atoms with Gasteiger partial charge in [0.25, 0.3) is 0 Å². The van der Waals surface area contributed by atoms with Crippen molar-refractivity contribution in [1.82, 2.24) is 4.90 Å². The van der Waals surface area contributed by atoms with E-state index in [1.165, 1.54) is 19.5 Å². The van der Waals surface area contributed by atoms with Crippen LogP contribution in [0.2, 0.25) is 0 Å². The summed E-state index contributed by atoms with van der Waals surface area (Å²) in [5, 5.41) is 0. The number of hydrogen-bond acceptors (Lipinski definition) is 1. The average molecular weight is 173 g/mol. The minimum Gasteiger partial charge on any atom is -0.303 e. The molecular weight excluding hydrogens is 153 g/mol. The molecule has 0 aromatic rings. The van der Waals surface area contributed by atoms with Crippen LogP contribution in [-0.4, -0.2) is 31.2 Å². The zero-order valence-electron chi connectivity index (χ0n) is 8.22. The number of alkyl halides is 1. The van der Waals surface area contributed by atoms with Crippen LogP contribution in [0.4, 0.5) is 4.39 Å². The highest BCUT2D eigenvalue weighted by Gasteiger charge is 2.20. The Morgan fingerprint density at radius 3 is 2.33 bits per heavy atom. The molecule has 1 aliphatic heterocycles. The molecule has 1 fully saturated rings. The molecule has 2 unspecified atom stereocenters. The Hall–Kier alpha value is -0.110. The molecule has 1 nitrogen and oxygen atoms in total. The first-order valence-corrected chi connectivity index (χ1v) is 5.00. The molecule has 1 rings (SSSR count). The van der Waals surface area contributed by atoms with E-state index in [4.69, 9.17) is 0 Å². The molecule has 0 aliphatic carbocycles. The van der Waals surface area contributed by atoms with Crippen LogP contribution in [0, 0.1) is 11.8 Å². The van der Waals surface area contributed by atoms with Crippen LogP contribution < -0.4 is 0 Å². The number of piperidine rings is 1. The smallest absolute Gasteiger partial charge is 0.0906 e. The number of hydrogen-bond donors (Lipinski definition) is 0. The van der Waals surface area contributed by atoms with E-state index in [0.29, 0.717) is 6.42 Å². The van der Waals surface area contributed by atoms with Gasteiger partial charge in [-0.3, -0.25) is 4.39 Å². The van der Waals surface area contributed by atoms with Crippen molar-refractivity contribution in [3.63, 3.8) is 0 Å². The first-order chi connectivity index (χ1) is 5.72. The summed E-state index contributed by atoms with van der Waals surface area (Å²) < 4.78 is 11.9. The summed E-state index contributed by atoms with van der Waals surface area (Å²) in [4.78, 5) is 2.40. The van der Waals surface area contributed by atoms with E-state index in [-0.39, 0.29) is 6.67 Å². The van der Waals surface area contributed by atoms with Gasteiger partial charge in [-0.15, -0.1) is 0 Å². The SMILES string of the molecule is CC1CC(C)CN(CCCF)C1. The van der Waals surface area contributed by atoms with Crippen LogP contribution in [0.15, 0.2) is 0 Å². The Labute approximate surface area is 74.9 Å². The quantitative estimate of drug-likeness (QED) is 0.633. The molecule has 1 saturated heterocycles. The summed E-state index contributed by atoms with van der Waals surface area (Å²) in [5.41, 5.74) is 0. The van der Waals surface area contributed by atoms with Gasteiger partial charge in [-0.05, 0) is 24.7 Å². The summed E-state index contributed by atoms with van der Waals surface area (Å²) in [6.45, 7) is 7.70. The molecule has 0 amide bonds. The van der Waals surface area contributed by atoms with E-state index < -0.39 is 0 Å². The predicted molar refractivity (Wildman–Crippen MR) is 50.0 cm³/mol. The highest BCUT2D eigenvalue weighted by atomic mass is 19.1. The Kier molecular flexibility index (Phi) is 3.99. The topological polar surface area (TPSA) is 3.24 Å². The van der Waals surface area contributed by atoms with Gasteiger partial charge in [-0.2, -0.15) is 0 Å². The highest BCUT2D eigenvalue weighted by Crippen LogP contribution is 2.20. The van der Waals surface area contributed by atoms with Crippen molar-refractivity contribution >= 4 is 0 Å². The maximum Gasteiger partial charge on any atom is 0.0906 e. The van der Waals surface area contributed by atoms with Gasteiger partial charge in [-0.1, -0.05) is 13.8 Å². The standard InChI is InChI=1S/C10H20FN/c1-9-6-10(2)8-12(7-9)5-3-4-11/h9-10H,3-8H2,1-2H3. The largest absolute Gasteiger partial charge is 0.303 e. The third-order valence-electron chi connectivity index (χ3n) is 2.55. The lowest BCUT2D eigenvalue weighted by atomic mass is 9.92. The Morgan fingerprint density at radius 2 is 1.83 bits per heavy atom. The molecule has 72 valence electrons. The van der Waals surface area contributed by atoms with Crippen LogP contribution in [0.25, 0.3) is 0 Å². The van der Waals surface area contributed by atoms with E-state index in [9.17, 15) is 4.39 Å². The number of likely N-dealkylation sites (tertiary alicyclic amines) is 1. The fraction of sp³-hybridized carbons (Fsp3) is 1.00. The summed E-state index contributed by atoms with van der Waals surface area (Å²) in [5.74, 6) is 1.60. The predicted octanol–water partition coefficient (Wildman–Crippen LogP) is 2.32. The van der Waals surface area contributed by atoms with Gasteiger partial charge in [0.1, 0.15) is 0 Å². The van der Waals surface area contributed by atoms with Gasteiger partial charge in [0.05, 0.1) is 6.67 Å². The number of halogens is 1. The zero-order chi connectivity index (χ0) is 8.97. The van der Waals surface area contributed by atoms with Gasteiger partial charge in [0, 0.05) is 19.6 Å². The number of rotatable bonds is 3. The third kappa shape index (κ3) is 3.10. The molecule has 1 heterocycles. The molecule has 0 aromatic carbocycles. The number of nitrogens with zero attached hydrogens (tertiary/aromatic N) is 1. The fourth-order valence-electron chi connectivity index (χ4n) is 2.26. The van der Waals surface area contributed by atoms with Gasteiger partial charge < -0.3 is 4.90 Å². The van der Waals surface area contributed by atoms with Crippen molar-refractivity contribution < 1.29 is 4.39 Å². The zero-order valence-corrected chi connectivity index (χ0v) is 8.22. The Bertz CT molecular complexity index is 117. The van der Waals surface area contributed by atoms with E-state index in [2.05, 4.69) is 18.7 Å². The van der Waals surface area contributed by atoms with Crippen LogP contribution in [0.5, 0.6) is 0 Å². The Balaban J connectivity index is 2.24. The highest BCUT2D eigenvalue weighted by molar-refractivity contribution is 4.74. The van der Waals surface area contributed by atoms with Crippen LogP contribution in [0.1, 0.15) is 26.7 Å². The summed E-state index contributed by atoms with van der Waals surface area (Å²) in [6.07, 6.45) is 2.05. The van der Waals surface area contributed by atoms with E-state index >= 15 is 0 Å². The van der Waals surface area contributed by atoms with Crippen molar-refractivity contribution in [3.05, 3.63) is 0 Å². The molecule has 0 bridgehead atoms. The van der Waals surface area contributed by atoms with E-state index in [0.717, 1.165) is 18.4 Å². The monoisotopic (exact) mass is 173 g/mol. The van der Waals surface area contributed by atoms with Crippen LogP contribution >= 0.6 is 0 Å². The molecule has 12 heavy (non-hydrogen) atoms. The maximum atomic E-state index is 11.9. The summed E-state index contributed by atoms with van der Waals surface area (Å²) in [7, 11) is 0. The maximum absolute atomic E-state index is 11.9. The summed E-state index contributed by atoms with van der Waals surface area (Å²) >= 11 is 0. The normalized spacial score (nSPS) is 32.2. The summed E-state index contributed by atoms with van der Waals surface area (Å²) in [6, 6.07) is 0. The lowest BCUT2D eigenvalue weighted by Crippen LogP contribution is -2.39. The van der Waals surface area contributed by atoms with Crippen molar-refractivity contribution in [2.75, 3.05) is 26.3 Å². The molecular formula is C10H20FN. The molecule has 0 saturated carbocycles. The molecule has 0 N–H and O–H groups in total. The Morgan fingerprint density at radius 1 is 1.25 bits per heavy atom. The van der Waals surface area contributed by atoms with Gasteiger partial charge in [0.15, 0.2) is 0 Å². The van der Waals surface area contributed by atoms with Crippen molar-refractivity contribution in [3.8, 4) is 0 Å². The molecule has 2 atom stereocenters. The third-order valence-corrected chi connectivity index (χ3v) is 2.55. The molecule has 2 heteroatoms. The van der Waals surface area contributed by atoms with Crippen molar-refractivity contribution in [2.24, 2.45) is 11.8 Å². The lowest BCUT2D eigenvalue weighted by Gasteiger charge is -2.34. The van der Waals surface area contributed by atoms with Crippen LogP contribution in [0.3, 0.4) is 0 Å². The van der Waals surface area contributed by atoms with E-state index in [1.807, 2.05) is 0 Å². The fourth-order valence-corrected chi connectivity index (χ4v) is 2.26. The van der Waals surface area contributed by atoms with Crippen molar-refractivity contribution in [2.45, 2.75) is 26.7 Å². The van der Waals surface area contributed by atoms with Crippen LogP contribution in [-0.2, 0) is 0 Å². The van der Waals surface area contributed by atoms with Crippen molar-refractivity contribution in [1.29, 1.82) is 0 Å². The first-order valence-electron chi connectivity index (χ1n) is 5.00. The van der Waals surface area contributed by atoms with Gasteiger partial charge in [-0.25, -0.2) is 0 Å². The van der Waals surface area contributed by atoms with E-state index in [1.54, 1.807) is 0 Å². The minimum absolute atomic E-state index is 0.167. The molecule has 0 aromatic heterocycles. The minimum atomic E-state index is -0.167.